The highest BCUT2D eigenvalue weighted by atomic mass is 35.5. The van der Waals surface area contributed by atoms with Gasteiger partial charge in [0.1, 0.15) is 28.5 Å². The largest absolute Gasteiger partial charge is 0.496 e. The van der Waals surface area contributed by atoms with E-state index in [-0.39, 0.29) is 28.2 Å². The van der Waals surface area contributed by atoms with Crippen molar-refractivity contribution in [1.29, 1.82) is 0 Å². The fourth-order valence-electron chi connectivity index (χ4n) is 5.03. The number of para-hydroxylation sites is 1. The normalized spacial score (nSPS) is 12.9. The SMILES string of the molecule is COc1ccccc1-c1noc(C)c1C(=O)N1CCN(c2cc(NC(=O)c3ccc(NC(C)=O)cc3)c(N=O)cc2Cl)CC1. The van der Waals surface area contributed by atoms with Crippen molar-refractivity contribution in [2.75, 3.05) is 48.8 Å². The Morgan fingerprint density at radius 1 is 1.00 bits per heavy atom. The smallest absolute Gasteiger partial charge is 0.259 e. The summed E-state index contributed by atoms with van der Waals surface area (Å²) in [5, 5.41) is 12.8. The van der Waals surface area contributed by atoms with Crippen LogP contribution in [0.5, 0.6) is 5.75 Å². The zero-order valence-corrected chi connectivity index (χ0v) is 25.0. The van der Waals surface area contributed by atoms with Crippen molar-refractivity contribution < 1.29 is 23.6 Å². The summed E-state index contributed by atoms with van der Waals surface area (Å²) in [6.45, 7) is 4.71. The van der Waals surface area contributed by atoms with Crippen LogP contribution >= 0.6 is 11.6 Å². The summed E-state index contributed by atoms with van der Waals surface area (Å²) in [7, 11) is 1.55. The lowest BCUT2D eigenvalue weighted by Crippen LogP contribution is -2.49. The molecular weight excluding hydrogens is 588 g/mol. The Balaban J connectivity index is 1.31. The molecule has 0 bridgehead atoms. The number of carbonyl (C=O) groups is 3. The molecule has 226 valence electrons. The van der Waals surface area contributed by atoms with Crippen LogP contribution < -0.4 is 20.3 Å². The Morgan fingerprint density at radius 2 is 1.70 bits per heavy atom. The van der Waals surface area contributed by atoms with E-state index < -0.39 is 5.91 Å². The fraction of sp³-hybridized carbons (Fsp3) is 0.226. The van der Waals surface area contributed by atoms with Crippen molar-refractivity contribution >= 4 is 52.1 Å². The van der Waals surface area contributed by atoms with Crippen LogP contribution in [0.3, 0.4) is 0 Å². The van der Waals surface area contributed by atoms with Crippen molar-refractivity contribution in [1.82, 2.24) is 10.1 Å². The zero-order valence-electron chi connectivity index (χ0n) is 24.2. The van der Waals surface area contributed by atoms with Crippen molar-refractivity contribution in [2.24, 2.45) is 5.18 Å². The number of amides is 3. The average Bonchev–Trinajstić information content (AvgIpc) is 3.42. The number of hydrogen-bond acceptors (Lipinski definition) is 9. The van der Waals surface area contributed by atoms with Crippen LogP contribution in [0.15, 0.2) is 70.4 Å². The maximum atomic E-state index is 13.7. The summed E-state index contributed by atoms with van der Waals surface area (Å²) in [4.78, 5) is 53.2. The highest BCUT2D eigenvalue weighted by Gasteiger charge is 2.30. The Hall–Kier alpha value is -5.23. The Kier molecular flexibility index (Phi) is 8.91. The Morgan fingerprint density at radius 3 is 2.36 bits per heavy atom. The van der Waals surface area contributed by atoms with Crippen LogP contribution in [-0.2, 0) is 4.79 Å². The summed E-state index contributed by atoms with van der Waals surface area (Å²) in [6, 6.07) is 16.6. The molecule has 1 aliphatic rings. The third kappa shape index (κ3) is 6.25. The summed E-state index contributed by atoms with van der Waals surface area (Å²) in [6.07, 6.45) is 0. The number of ether oxygens (including phenoxy) is 1. The number of nitrogens with one attached hydrogen (secondary N) is 2. The Bertz CT molecular complexity index is 1730. The van der Waals surface area contributed by atoms with Gasteiger partial charge in [-0.15, -0.1) is 4.91 Å². The number of aromatic nitrogens is 1. The number of benzene rings is 3. The molecule has 0 saturated carbocycles. The van der Waals surface area contributed by atoms with E-state index in [0.29, 0.717) is 71.4 Å². The van der Waals surface area contributed by atoms with Crippen LogP contribution in [-0.4, -0.2) is 61.1 Å². The number of carbonyl (C=O) groups excluding carboxylic acids is 3. The second-order valence-electron chi connectivity index (χ2n) is 10.1. The number of aryl methyl sites for hydroxylation is 1. The molecule has 3 amide bonds. The molecular formula is C31H29ClN6O6. The molecule has 4 aromatic rings. The molecule has 13 heteroatoms. The fourth-order valence-corrected chi connectivity index (χ4v) is 5.31. The number of nitroso groups, excluding NO2 is 1. The minimum Gasteiger partial charge on any atom is -0.496 e. The topological polar surface area (TPSA) is 146 Å². The number of piperazine rings is 1. The maximum absolute atomic E-state index is 13.7. The van der Waals surface area contributed by atoms with E-state index in [1.807, 2.05) is 23.1 Å². The lowest BCUT2D eigenvalue weighted by Gasteiger charge is -2.36. The van der Waals surface area contributed by atoms with Crippen LogP contribution in [0.25, 0.3) is 11.3 Å². The van der Waals surface area contributed by atoms with E-state index in [1.165, 1.54) is 13.0 Å². The molecule has 1 aromatic heterocycles. The van der Waals surface area contributed by atoms with Crippen molar-refractivity contribution in [3.8, 4) is 17.0 Å². The molecule has 0 radical (unpaired) electrons. The lowest BCUT2D eigenvalue weighted by molar-refractivity contribution is -0.114. The number of rotatable bonds is 8. The second kappa shape index (κ2) is 13.0. The molecule has 1 saturated heterocycles. The molecule has 2 N–H and O–H groups in total. The van der Waals surface area contributed by atoms with Gasteiger partial charge in [0.2, 0.25) is 5.91 Å². The van der Waals surface area contributed by atoms with E-state index in [2.05, 4.69) is 21.0 Å². The minimum absolute atomic E-state index is 0.0254. The first kappa shape index (κ1) is 30.2. The first-order chi connectivity index (χ1) is 21.2. The van der Waals surface area contributed by atoms with E-state index in [4.69, 9.17) is 20.9 Å². The number of hydrogen-bond donors (Lipinski definition) is 2. The third-order valence-electron chi connectivity index (χ3n) is 7.23. The Labute approximate surface area is 257 Å². The van der Waals surface area contributed by atoms with Gasteiger partial charge in [-0.3, -0.25) is 14.4 Å². The van der Waals surface area contributed by atoms with E-state index in [1.54, 1.807) is 55.3 Å². The number of methoxy groups -OCH3 is 1. The van der Waals surface area contributed by atoms with Crippen LogP contribution in [0.1, 0.15) is 33.4 Å². The van der Waals surface area contributed by atoms with Gasteiger partial charge in [0.25, 0.3) is 11.8 Å². The van der Waals surface area contributed by atoms with Gasteiger partial charge >= 0.3 is 0 Å². The molecule has 12 nitrogen and oxygen atoms in total. The van der Waals surface area contributed by atoms with Crippen molar-refractivity contribution in [3.63, 3.8) is 0 Å². The molecule has 44 heavy (non-hydrogen) atoms. The van der Waals surface area contributed by atoms with Crippen molar-refractivity contribution in [2.45, 2.75) is 13.8 Å². The molecule has 1 fully saturated rings. The minimum atomic E-state index is -0.470. The molecule has 5 rings (SSSR count). The molecule has 0 spiro atoms. The number of anilines is 3. The summed E-state index contributed by atoms with van der Waals surface area (Å²) >= 11 is 6.54. The summed E-state index contributed by atoms with van der Waals surface area (Å²) < 4.78 is 10.9. The summed E-state index contributed by atoms with van der Waals surface area (Å²) in [5.41, 5.74) is 3.05. The molecule has 1 aliphatic heterocycles. The van der Waals surface area contributed by atoms with E-state index >= 15 is 0 Å². The van der Waals surface area contributed by atoms with Crippen LogP contribution in [0.2, 0.25) is 5.02 Å². The van der Waals surface area contributed by atoms with Crippen LogP contribution in [0, 0.1) is 11.8 Å². The molecule has 3 aromatic carbocycles. The molecule has 2 heterocycles. The monoisotopic (exact) mass is 616 g/mol. The van der Waals surface area contributed by atoms with E-state index in [9.17, 15) is 19.3 Å². The predicted octanol–water partition coefficient (Wildman–Crippen LogP) is 5.88. The number of halogens is 1. The van der Waals surface area contributed by atoms with Gasteiger partial charge in [-0.1, -0.05) is 28.9 Å². The number of nitrogens with zero attached hydrogens (tertiary/aromatic N) is 4. The first-order valence-electron chi connectivity index (χ1n) is 13.7. The highest BCUT2D eigenvalue weighted by molar-refractivity contribution is 6.34. The van der Waals surface area contributed by atoms with Gasteiger partial charge in [-0.05, 0) is 60.6 Å². The average molecular weight is 617 g/mol. The second-order valence-corrected chi connectivity index (χ2v) is 10.5. The lowest BCUT2D eigenvalue weighted by atomic mass is 10.0. The van der Waals surface area contributed by atoms with Gasteiger partial charge in [0.05, 0.1) is 23.5 Å². The van der Waals surface area contributed by atoms with Gasteiger partial charge < -0.3 is 29.7 Å². The van der Waals surface area contributed by atoms with E-state index in [0.717, 1.165) is 0 Å². The first-order valence-corrected chi connectivity index (χ1v) is 14.1. The van der Waals surface area contributed by atoms with Gasteiger partial charge in [0, 0.05) is 49.9 Å². The quantitative estimate of drug-likeness (QED) is 0.233. The predicted molar refractivity (Wildman–Crippen MR) is 167 cm³/mol. The summed E-state index contributed by atoms with van der Waals surface area (Å²) in [5.74, 6) is 0.0706. The standard InChI is InChI=1S/C31H29ClN6O6/c1-18-28(29(36-44-18)22-6-4-5-7-27(22)43-3)31(41)38-14-12-37(13-15-38)26-17-24(25(35-42)16-23(26)32)34-30(40)20-8-10-21(11-9-20)33-19(2)39/h4-11,16-17H,12-15H2,1-3H3,(H,33,39)(H,34,40). The van der Waals surface area contributed by atoms with Crippen molar-refractivity contribution in [3.05, 3.63) is 87.5 Å². The maximum Gasteiger partial charge on any atom is 0.259 e. The van der Waals surface area contributed by atoms with Crippen LogP contribution in [0.4, 0.5) is 22.7 Å². The van der Waals surface area contributed by atoms with Gasteiger partial charge in [0.15, 0.2) is 0 Å². The molecule has 0 atom stereocenters. The van der Waals surface area contributed by atoms with Gasteiger partial charge in [-0.25, -0.2) is 0 Å². The third-order valence-corrected chi connectivity index (χ3v) is 7.53. The molecule has 0 aliphatic carbocycles. The van der Waals surface area contributed by atoms with Gasteiger partial charge in [-0.2, -0.15) is 0 Å². The zero-order chi connectivity index (χ0) is 31.4. The highest BCUT2D eigenvalue weighted by Crippen LogP contribution is 2.38. The molecule has 0 unspecified atom stereocenters.